The molecule has 0 saturated carbocycles. The smallest absolute Gasteiger partial charge is 0.262 e. The molecule has 2 heterocycles. The summed E-state index contributed by atoms with van der Waals surface area (Å²) >= 11 is 1.25. The van der Waals surface area contributed by atoms with Crippen LogP contribution in [0.25, 0.3) is 10.9 Å². The lowest BCUT2D eigenvalue weighted by Gasteiger charge is -2.18. The Kier molecular flexibility index (Phi) is 6.98. The molecule has 0 aliphatic rings. The number of carbonyl (C=O) groups is 3. The van der Waals surface area contributed by atoms with E-state index in [9.17, 15) is 23.2 Å². The summed E-state index contributed by atoms with van der Waals surface area (Å²) in [5, 5.41) is 10.3. The number of fused-ring (bicyclic) bond motifs is 1. The van der Waals surface area contributed by atoms with Crippen LogP contribution in [0.2, 0.25) is 0 Å². The van der Waals surface area contributed by atoms with Crippen molar-refractivity contribution in [1.82, 2.24) is 15.6 Å². The zero-order valence-corrected chi connectivity index (χ0v) is 18.5. The van der Waals surface area contributed by atoms with Crippen molar-refractivity contribution in [3.63, 3.8) is 0 Å². The monoisotopic (exact) mass is 482 g/mol. The number of carbonyl (C=O) groups excluding carboxylic acids is 3. The first kappa shape index (κ1) is 23.1. The van der Waals surface area contributed by atoms with E-state index in [1.807, 2.05) is 24.3 Å². The van der Waals surface area contributed by atoms with E-state index in [0.717, 1.165) is 28.6 Å². The van der Waals surface area contributed by atoms with Gasteiger partial charge in [0.15, 0.2) is 11.6 Å². The van der Waals surface area contributed by atoms with Crippen molar-refractivity contribution in [1.29, 1.82) is 0 Å². The minimum Gasteiger partial charge on any atom is -0.361 e. The number of amides is 3. The average molecular weight is 483 g/mol. The number of hydrogen-bond donors (Lipinski definition) is 4. The lowest BCUT2D eigenvalue weighted by atomic mass is 10.0. The molecule has 4 aromatic rings. The summed E-state index contributed by atoms with van der Waals surface area (Å²) in [5.74, 6) is -3.73. The zero-order valence-electron chi connectivity index (χ0n) is 17.7. The predicted molar refractivity (Wildman–Crippen MR) is 126 cm³/mol. The lowest BCUT2D eigenvalue weighted by Crippen LogP contribution is -2.49. The molecular weight excluding hydrogens is 462 g/mol. The van der Waals surface area contributed by atoms with Gasteiger partial charge < -0.3 is 20.9 Å². The molecule has 0 spiro atoms. The molecule has 0 aliphatic heterocycles. The predicted octanol–water partition coefficient (Wildman–Crippen LogP) is 3.60. The van der Waals surface area contributed by atoms with Crippen LogP contribution in [0, 0.1) is 11.6 Å². The summed E-state index contributed by atoms with van der Waals surface area (Å²) in [6.45, 7) is -0.420. The van der Waals surface area contributed by atoms with Gasteiger partial charge in [0.1, 0.15) is 6.04 Å². The Bertz CT molecular complexity index is 1340. The van der Waals surface area contributed by atoms with Gasteiger partial charge in [0, 0.05) is 35.3 Å². The molecular formula is C24H20F2N4O3S. The van der Waals surface area contributed by atoms with E-state index in [0.29, 0.717) is 4.88 Å². The number of H-pyrrole nitrogens is 1. The summed E-state index contributed by atoms with van der Waals surface area (Å²) in [4.78, 5) is 41.4. The Balaban J connectivity index is 1.44. The van der Waals surface area contributed by atoms with Crippen LogP contribution in [0.1, 0.15) is 15.2 Å². The minimum atomic E-state index is -1.10. The second-order valence-corrected chi connectivity index (χ2v) is 8.41. The van der Waals surface area contributed by atoms with Crippen molar-refractivity contribution < 1.29 is 23.2 Å². The highest BCUT2D eigenvalue weighted by Gasteiger charge is 2.24. The number of benzene rings is 2. The highest BCUT2D eigenvalue weighted by atomic mass is 32.1. The molecule has 0 bridgehead atoms. The van der Waals surface area contributed by atoms with Crippen molar-refractivity contribution in [2.75, 3.05) is 11.9 Å². The van der Waals surface area contributed by atoms with Crippen LogP contribution in [0.4, 0.5) is 14.5 Å². The van der Waals surface area contributed by atoms with Gasteiger partial charge in [0.25, 0.3) is 5.91 Å². The Labute approximate surface area is 197 Å². The Hall–Kier alpha value is -4.05. The highest BCUT2D eigenvalue weighted by molar-refractivity contribution is 7.12. The molecule has 0 aliphatic carbocycles. The third kappa shape index (κ3) is 5.46. The van der Waals surface area contributed by atoms with E-state index in [2.05, 4.69) is 20.9 Å². The van der Waals surface area contributed by atoms with Gasteiger partial charge in [-0.2, -0.15) is 0 Å². The fourth-order valence-corrected chi connectivity index (χ4v) is 4.06. The molecule has 4 N–H and O–H groups in total. The van der Waals surface area contributed by atoms with Crippen molar-refractivity contribution in [2.45, 2.75) is 12.5 Å². The van der Waals surface area contributed by atoms with Gasteiger partial charge in [-0.15, -0.1) is 11.3 Å². The number of thiophene rings is 1. The SMILES string of the molecule is O=C(CNC(=O)C(Cc1c[nH]c2ccccc12)NC(=O)c1cccs1)Nc1ccc(F)c(F)c1. The summed E-state index contributed by atoms with van der Waals surface area (Å²) < 4.78 is 26.4. The van der Waals surface area contributed by atoms with Gasteiger partial charge in [-0.25, -0.2) is 8.78 Å². The second-order valence-electron chi connectivity index (χ2n) is 7.46. The van der Waals surface area contributed by atoms with Crippen molar-refractivity contribution in [3.05, 3.63) is 88.2 Å². The average Bonchev–Trinajstić information content (AvgIpc) is 3.50. The van der Waals surface area contributed by atoms with E-state index in [-0.39, 0.29) is 12.1 Å². The maximum Gasteiger partial charge on any atom is 0.262 e. The molecule has 2 aromatic carbocycles. The number of aromatic amines is 1. The fraction of sp³-hybridized carbons (Fsp3) is 0.125. The number of rotatable bonds is 8. The second kappa shape index (κ2) is 10.3. The standard InChI is InChI=1S/C24H20F2N4O3S/c25-17-8-7-15(11-18(17)26)29-22(31)13-28-23(32)20(30-24(33)21-6-3-9-34-21)10-14-12-27-19-5-2-1-4-16(14)19/h1-9,11-12,20,27H,10,13H2,(H,28,32)(H,29,31)(H,30,33). The molecule has 174 valence electrons. The number of aromatic nitrogens is 1. The number of nitrogens with one attached hydrogen (secondary N) is 4. The van der Waals surface area contributed by atoms with Gasteiger partial charge in [-0.1, -0.05) is 24.3 Å². The third-order valence-electron chi connectivity index (χ3n) is 5.09. The van der Waals surface area contributed by atoms with Crippen molar-refractivity contribution in [3.8, 4) is 0 Å². The molecule has 10 heteroatoms. The zero-order chi connectivity index (χ0) is 24.1. The molecule has 4 rings (SSSR count). The normalized spacial score (nSPS) is 11.7. The molecule has 3 amide bonds. The Morgan fingerprint density at radius 3 is 2.59 bits per heavy atom. The van der Waals surface area contributed by atoms with Crippen LogP contribution in [-0.2, 0) is 16.0 Å². The van der Waals surface area contributed by atoms with E-state index >= 15 is 0 Å². The minimum absolute atomic E-state index is 0.0551. The number of para-hydroxylation sites is 1. The lowest BCUT2D eigenvalue weighted by molar-refractivity contribution is -0.125. The van der Waals surface area contributed by atoms with E-state index in [1.165, 1.54) is 17.4 Å². The summed E-state index contributed by atoms with van der Waals surface area (Å²) in [6, 6.07) is 12.9. The highest BCUT2D eigenvalue weighted by Crippen LogP contribution is 2.20. The van der Waals surface area contributed by atoms with Gasteiger partial charge in [-0.05, 0) is 35.2 Å². The maximum absolute atomic E-state index is 13.3. The topological polar surface area (TPSA) is 103 Å². The van der Waals surface area contributed by atoms with Gasteiger partial charge in [0.05, 0.1) is 11.4 Å². The number of anilines is 1. The van der Waals surface area contributed by atoms with E-state index < -0.39 is 41.9 Å². The van der Waals surface area contributed by atoms with Crippen LogP contribution >= 0.6 is 11.3 Å². The molecule has 0 radical (unpaired) electrons. The van der Waals surface area contributed by atoms with Crippen molar-refractivity contribution in [2.24, 2.45) is 0 Å². The molecule has 0 fully saturated rings. The van der Waals surface area contributed by atoms with Gasteiger partial charge >= 0.3 is 0 Å². The van der Waals surface area contributed by atoms with Crippen LogP contribution in [-0.4, -0.2) is 35.3 Å². The summed E-state index contributed by atoms with van der Waals surface area (Å²) in [7, 11) is 0. The van der Waals surface area contributed by atoms with Gasteiger partial charge in [-0.3, -0.25) is 14.4 Å². The molecule has 7 nitrogen and oxygen atoms in total. The van der Waals surface area contributed by atoms with E-state index in [4.69, 9.17) is 0 Å². The van der Waals surface area contributed by atoms with E-state index in [1.54, 1.807) is 23.7 Å². The fourth-order valence-electron chi connectivity index (χ4n) is 3.44. The largest absolute Gasteiger partial charge is 0.361 e. The molecule has 1 unspecified atom stereocenters. The van der Waals surface area contributed by atoms with Crippen LogP contribution in [0.3, 0.4) is 0 Å². The summed E-state index contributed by atoms with van der Waals surface area (Å²) in [6.07, 6.45) is 1.97. The Morgan fingerprint density at radius 2 is 1.82 bits per heavy atom. The number of halogens is 2. The molecule has 1 atom stereocenters. The van der Waals surface area contributed by atoms with Crippen LogP contribution < -0.4 is 16.0 Å². The van der Waals surface area contributed by atoms with Crippen molar-refractivity contribution >= 4 is 45.6 Å². The first-order valence-electron chi connectivity index (χ1n) is 10.3. The molecule has 2 aromatic heterocycles. The third-order valence-corrected chi connectivity index (χ3v) is 5.96. The summed E-state index contributed by atoms with van der Waals surface area (Å²) in [5.41, 5.74) is 1.78. The Morgan fingerprint density at radius 1 is 1.00 bits per heavy atom. The molecule has 34 heavy (non-hydrogen) atoms. The van der Waals surface area contributed by atoms with Crippen LogP contribution in [0.5, 0.6) is 0 Å². The first-order valence-corrected chi connectivity index (χ1v) is 11.2. The molecule has 0 saturated heterocycles. The number of hydrogen-bond acceptors (Lipinski definition) is 4. The maximum atomic E-state index is 13.3. The quantitative estimate of drug-likeness (QED) is 0.309. The van der Waals surface area contributed by atoms with Crippen LogP contribution in [0.15, 0.2) is 66.2 Å². The first-order chi connectivity index (χ1) is 16.4. The van der Waals surface area contributed by atoms with Gasteiger partial charge in [0.2, 0.25) is 11.8 Å².